The third-order valence-corrected chi connectivity index (χ3v) is 4.90. The Hall–Kier alpha value is -4.67. The van der Waals surface area contributed by atoms with E-state index in [1.54, 1.807) is 0 Å². The van der Waals surface area contributed by atoms with Crippen molar-refractivity contribution in [2.24, 2.45) is 0 Å². The molecule has 3 aromatic carbocycles. The molecule has 0 bridgehead atoms. The van der Waals surface area contributed by atoms with E-state index in [0.29, 0.717) is 0 Å². The van der Waals surface area contributed by atoms with Crippen molar-refractivity contribution in [2.75, 3.05) is 10.6 Å². The maximum atomic E-state index is 12.4. The van der Waals surface area contributed by atoms with Gasteiger partial charge in [-0.3, -0.25) is 10.1 Å². The van der Waals surface area contributed by atoms with Gasteiger partial charge in [-0.05, 0) is 35.4 Å². The molecule has 0 spiro atoms. The minimum atomic E-state index is -4.82. The van der Waals surface area contributed by atoms with Gasteiger partial charge in [-0.25, -0.2) is 9.97 Å². The van der Waals surface area contributed by atoms with Crippen molar-refractivity contribution < 1.29 is 22.8 Å². The zero-order chi connectivity index (χ0) is 24.8. The molecule has 0 aliphatic rings. The van der Waals surface area contributed by atoms with E-state index >= 15 is 0 Å². The number of benzene rings is 3. The Morgan fingerprint density at radius 2 is 1.37 bits per heavy atom. The Kier molecular flexibility index (Phi) is 6.76. The van der Waals surface area contributed by atoms with E-state index in [2.05, 4.69) is 25.3 Å². The van der Waals surface area contributed by atoms with Gasteiger partial charge in [-0.2, -0.15) is 0 Å². The van der Waals surface area contributed by atoms with Gasteiger partial charge in [0, 0.05) is 5.69 Å². The quantitative estimate of drug-likeness (QED) is 0.227. The minimum absolute atomic E-state index is 0.0257. The van der Waals surface area contributed by atoms with Crippen LogP contribution in [0.5, 0.6) is 5.75 Å². The van der Waals surface area contributed by atoms with Crippen molar-refractivity contribution in [3.05, 3.63) is 112 Å². The number of nitrogens with zero attached hydrogens (tertiary/aromatic N) is 3. The fourth-order valence-corrected chi connectivity index (χ4v) is 3.41. The number of anilines is 3. The molecule has 0 atom stereocenters. The molecule has 11 heteroatoms. The molecule has 0 aliphatic carbocycles. The Morgan fingerprint density at radius 3 is 1.89 bits per heavy atom. The lowest BCUT2D eigenvalue weighted by Gasteiger charge is -2.20. The molecule has 1 heterocycles. The van der Waals surface area contributed by atoms with Gasteiger partial charge in [-0.1, -0.05) is 60.7 Å². The van der Waals surface area contributed by atoms with Crippen molar-refractivity contribution in [3.8, 4) is 5.75 Å². The summed E-state index contributed by atoms with van der Waals surface area (Å²) in [5.74, 6) is -0.574. The second kappa shape index (κ2) is 10.1. The summed E-state index contributed by atoms with van der Waals surface area (Å²) in [6.07, 6.45) is -3.67. The molecular formula is C24H18F3N5O3. The van der Waals surface area contributed by atoms with E-state index in [1.807, 2.05) is 60.7 Å². The highest BCUT2D eigenvalue weighted by atomic mass is 19.4. The summed E-state index contributed by atoms with van der Waals surface area (Å²) in [6.45, 7) is 0. The summed E-state index contributed by atoms with van der Waals surface area (Å²) in [7, 11) is 0. The lowest BCUT2D eigenvalue weighted by Crippen LogP contribution is -2.17. The van der Waals surface area contributed by atoms with Crippen LogP contribution < -0.4 is 15.4 Å². The van der Waals surface area contributed by atoms with Crippen LogP contribution in [0.2, 0.25) is 0 Å². The van der Waals surface area contributed by atoms with Gasteiger partial charge < -0.3 is 15.4 Å². The van der Waals surface area contributed by atoms with Crippen molar-refractivity contribution in [2.45, 2.75) is 12.4 Å². The number of alkyl halides is 3. The van der Waals surface area contributed by atoms with Gasteiger partial charge in [0.2, 0.25) is 11.6 Å². The minimum Gasteiger partial charge on any atom is -0.406 e. The molecule has 2 N–H and O–H groups in total. The van der Waals surface area contributed by atoms with Gasteiger partial charge in [0.05, 0.1) is 11.0 Å². The molecule has 35 heavy (non-hydrogen) atoms. The highest BCUT2D eigenvalue weighted by Gasteiger charge is 2.31. The second-order valence-corrected chi connectivity index (χ2v) is 7.27. The van der Waals surface area contributed by atoms with Crippen LogP contribution in [0.1, 0.15) is 17.2 Å². The number of rotatable bonds is 8. The molecule has 0 fully saturated rings. The molecule has 8 nitrogen and oxygen atoms in total. The third kappa shape index (κ3) is 6.02. The number of halogens is 3. The Morgan fingerprint density at radius 1 is 0.829 bits per heavy atom. The summed E-state index contributed by atoms with van der Waals surface area (Å²) in [5, 5.41) is 17.9. The van der Waals surface area contributed by atoms with Crippen LogP contribution in [0.25, 0.3) is 0 Å². The first-order valence-corrected chi connectivity index (χ1v) is 10.3. The fraction of sp³-hybridized carbons (Fsp3) is 0.0833. The van der Waals surface area contributed by atoms with Gasteiger partial charge in [-0.15, -0.1) is 13.2 Å². The molecule has 0 aliphatic heterocycles. The topological polar surface area (TPSA) is 102 Å². The Balaban J connectivity index is 1.66. The van der Waals surface area contributed by atoms with Crippen LogP contribution in [-0.2, 0) is 0 Å². The average molecular weight is 481 g/mol. The van der Waals surface area contributed by atoms with E-state index in [0.717, 1.165) is 29.6 Å². The average Bonchev–Trinajstić information content (AvgIpc) is 2.84. The van der Waals surface area contributed by atoms with Gasteiger partial charge in [0.1, 0.15) is 12.1 Å². The van der Waals surface area contributed by atoms with Crippen LogP contribution in [-0.4, -0.2) is 21.3 Å². The Bertz CT molecular complexity index is 1250. The summed E-state index contributed by atoms with van der Waals surface area (Å²) in [6, 6.07) is 23.0. The van der Waals surface area contributed by atoms with Crippen molar-refractivity contribution >= 4 is 23.0 Å². The second-order valence-electron chi connectivity index (χ2n) is 7.27. The van der Waals surface area contributed by atoms with Crippen molar-refractivity contribution in [1.29, 1.82) is 0 Å². The van der Waals surface area contributed by atoms with Crippen molar-refractivity contribution in [1.82, 2.24) is 9.97 Å². The first-order valence-electron chi connectivity index (χ1n) is 10.3. The molecule has 0 amide bonds. The van der Waals surface area contributed by atoms with Crippen molar-refractivity contribution in [3.63, 3.8) is 0 Å². The molecule has 0 unspecified atom stereocenters. The van der Waals surface area contributed by atoms with Crippen LogP contribution in [0.15, 0.2) is 91.3 Å². The highest BCUT2D eigenvalue weighted by Crippen LogP contribution is 2.35. The molecule has 0 saturated carbocycles. The number of ether oxygens (including phenoxy) is 1. The van der Waals surface area contributed by atoms with Gasteiger partial charge >= 0.3 is 12.0 Å². The number of nitrogens with one attached hydrogen (secondary N) is 2. The lowest BCUT2D eigenvalue weighted by atomic mass is 9.99. The van der Waals surface area contributed by atoms with Crippen LogP contribution >= 0.6 is 0 Å². The van der Waals surface area contributed by atoms with Gasteiger partial charge in [0.15, 0.2) is 0 Å². The number of hydrogen-bond donors (Lipinski definition) is 2. The number of aromatic nitrogens is 2. The predicted molar refractivity (Wildman–Crippen MR) is 123 cm³/mol. The van der Waals surface area contributed by atoms with Crippen LogP contribution in [0.4, 0.5) is 36.2 Å². The standard InChI is InChI=1S/C24H18F3N5O3/c25-24(26,27)35-19-13-11-18(12-14-19)30-22-21(32(33)34)23(29-15-28-22)31-20(16-7-3-1-4-8-16)17-9-5-2-6-10-17/h1-15,20H,(H2,28,29,30,31). The van der Waals surface area contributed by atoms with Gasteiger partial charge in [0.25, 0.3) is 0 Å². The summed E-state index contributed by atoms with van der Waals surface area (Å²) in [4.78, 5) is 19.4. The van der Waals surface area contributed by atoms with E-state index in [-0.39, 0.29) is 17.3 Å². The van der Waals surface area contributed by atoms with Crippen LogP contribution in [0, 0.1) is 10.1 Å². The molecule has 178 valence electrons. The van der Waals surface area contributed by atoms with E-state index in [9.17, 15) is 23.3 Å². The fourth-order valence-electron chi connectivity index (χ4n) is 3.41. The molecular weight excluding hydrogens is 463 g/mol. The largest absolute Gasteiger partial charge is 0.573 e. The monoisotopic (exact) mass is 481 g/mol. The zero-order valence-corrected chi connectivity index (χ0v) is 17.9. The van der Waals surface area contributed by atoms with Crippen LogP contribution in [0.3, 0.4) is 0 Å². The molecule has 0 saturated heterocycles. The summed E-state index contributed by atoms with van der Waals surface area (Å²) < 4.78 is 41.0. The molecule has 4 aromatic rings. The lowest BCUT2D eigenvalue weighted by molar-refractivity contribution is -0.383. The highest BCUT2D eigenvalue weighted by molar-refractivity contribution is 5.74. The SMILES string of the molecule is O=[N+]([O-])c1c(Nc2ccc(OC(F)(F)F)cc2)ncnc1NC(c1ccccc1)c1ccccc1. The molecule has 1 aromatic heterocycles. The Labute approximate surface area is 197 Å². The normalized spacial score (nSPS) is 11.2. The molecule has 4 rings (SSSR count). The smallest absolute Gasteiger partial charge is 0.406 e. The van der Waals surface area contributed by atoms with E-state index in [1.165, 1.54) is 12.1 Å². The summed E-state index contributed by atoms with van der Waals surface area (Å²) >= 11 is 0. The van der Waals surface area contributed by atoms with E-state index in [4.69, 9.17) is 0 Å². The maximum absolute atomic E-state index is 12.4. The predicted octanol–water partition coefficient (Wildman–Crippen LogP) is 6.23. The molecule has 0 radical (unpaired) electrons. The van der Waals surface area contributed by atoms with E-state index < -0.39 is 28.8 Å². The number of nitro groups is 1. The third-order valence-electron chi connectivity index (χ3n) is 4.90. The zero-order valence-electron chi connectivity index (χ0n) is 17.9. The first kappa shape index (κ1) is 23.5. The first-order chi connectivity index (χ1) is 16.8. The summed E-state index contributed by atoms with van der Waals surface area (Å²) in [5.41, 5.74) is 1.58. The maximum Gasteiger partial charge on any atom is 0.573 e. The number of hydrogen-bond acceptors (Lipinski definition) is 7.